The van der Waals surface area contributed by atoms with Gasteiger partial charge in [-0.1, -0.05) is 12.1 Å². The molecule has 0 atom stereocenters. The van der Waals surface area contributed by atoms with Crippen LogP contribution in [0, 0.1) is 21.4 Å². The van der Waals surface area contributed by atoms with Gasteiger partial charge in [-0.15, -0.1) is 11.6 Å². The number of nitriles is 1. The number of halogens is 1. The molecule has 0 spiro atoms. The number of alkyl halides is 1. The molecule has 0 fully saturated rings. The van der Waals surface area contributed by atoms with Crippen LogP contribution in [0.5, 0.6) is 11.5 Å². The number of hydrogen-bond donors (Lipinski definition) is 0. The summed E-state index contributed by atoms with van der Waals surface area (Å²) in [5.74, 6) is 1.10. The molecule has 0 N–H and O–H groups in total. The van der Waals surface area contributed by atoms with E-state index in [1.54, 1.807) is 30.3 Å². The Morgan fingerprint density at radius 1 is 1.19 bits per heavy atom. The molecule has 2 rings (SSSR count). The highest BCUT2D eigenvalue weighted by Gasteiger charge is 2.13. The predicted octanol–water partition coefficient (Wildman–Crippen LogP) is 4.19. The Morgan fingerprint density at radius 2 is 1.86 bits per heavy atom. The highest BCUT2D eigenvalue weighted by atomic mass is 35.5. The molecule has 0 aliphatic carbocycles. The molecule has 2 aromatic rings. The molecular formula is C15H11ClN2O3. The molecule has 5 nitrogen and oxygen atoms in total. The Labute approximate surface area is 126 Å². The molecule has 0 saturated heterocycles. The molecule has 0 saturated carbocycles. The summed E-state index contributed by atoms with van der Waals surface area (Å²) in [5.41, 5.74) is 1.27. The monoisotopic (exact) mass is 302 g/mol. The van der Waals surface area contributed by atoms with Crippen molar-refractivity contribution in [3.05, 3.63) is 63.7 Å². The largest absolute Gasteiger partial charge is 0.457 e. The topological polar surface area (TPSA) is 76.2 Å². The third-order valence-corrected chi connectivity index (χ3v) is 3.12. The van der Waals surface area contributed by atoms with Gasteiger partial charge in [0.2, 0.25) is 0 Å². The summed E-state index contributed by atoms with van der Waals surface area (Å²) in [6.07, 6.45) is 0.341. The number of nitrogens with zero attached hydrogens (tertiary/aromatic N) is 2. The van der Waals surface area contributed by atoms with E-state index in [0.717, 1.165) is 5.56 Å². The van der Waals surface area contributed by atoms with Crippen LogP contribution in [0.4, 0.5) is 5.69 Å². The second-order valence-corrected chi connectivity index (χ2v) is 4.53. The molecule has 106 valence electrons. The Bertz CT molecular complexity index is 693. The fourth-order valence-electron chi connectivity index (χ4n) is 1.81. The molecule has 6 heteroatoms. The van der Waals surface area contributed by atoms with Crippen molar-refractivity contribution in [2.75, 3.05) is 0 Å². The zero-order valence-electron chi connectivity index (χ0n) is 11.0. The predicted molar refractivity (Wildman–Crippen MR) is 78.5 cm³/mol. The summed E-state index contributed by atoms with van der Waals surface area (Å²) in [4.78, 5) is 10.4. The summed E-state index contributed by atoms with van der Waals surface area (Å²) in [7, 11) is 0. The zero-order chi connectivity index (χ0) is 15.2. The van der Waals surface area contributed by atoms with E-state index < -0.39 is 4.92 Å². The number of nitro groups is 1. The number of hydrogen-bond acceptors (Lipinski definition) is 4. The lowest BCUT2D eigenvalue weighted by molar-refractivity contribution is -0.385. The van der Waals surface area contributed by atoms with Gasteiger partial charge < -0.3 is 4.74 Å². The van der Waals surface area contributed by atoms with Crippen molar-refractivity contribution in [1.82, 2.24) is 0 Å². The van der Waals surface area contributed by atoms with E-state index in [0.29, 0.717) is 23.5 Å². The van der Waals surface area contributed by atoms with Crippen molar-refractivity contribution in [3.8, 4) is 17.6 Å². The van der Waals surface area contributed by atoms with Crippen molar-refractivity contribution >= 4 is 17.3 Å². The van der Waals surface area contributed by atoms with Crippen LogP contribution in [-0.4, -0.2) is 4.92 Å². The molecule has 0 bridgehead atoms. The number of ether oxygens (including phenoxy) is 1. The van der Waals surface area contributed by atoms with E-state index in [2.05, 4.69) is 6.07 Å². The smallest absolute Gasteiger partial charge is 0.274 e. The van der Waals surface area contributed by atoms with Crippen molar-refractivity contribution in [2.45, 2.75) is 12.3 Å². The van der Waals surface area contributed by atoms with Crippen molar-refractivity contribution in [2.24, 2.45) is 0 Å². The van der Waals surface area contributed by atoms with E-state index in [1.165, 1.54) is 12.1 Å². The molecule has 0 aliphatic rings. The maximum atomic E-state index is 10.8. The van der Waals surface area contributed by atoms with Crippen LogP contribution in [0.15, 0.2) is 42.5 Å². The van der Waals surface area contributed by atoms with E-state index in [1.807, 2.05) is 0 Å². The summed E-state index contributed by atoms with van der Waals surface area (Å²) in [5, 5.41) is 19.4. The highest BCUT2D eigenvalue weighted by Crippen LogP contribution is 2.28. The number of benzene rings is 2. The first-order valence-corrected chi connectivity index (χ1v) is 6.64. The Kier molecular flexibility index (Phi) is 4.75. The summed E-state index contributed by atoms with van der Waals surface area (Å²) in [6.45, 7) is 0. The summed E-state index contributed by atoms with van der Waals surface area (Å²) in [6, 6.07) is 13.6. The van der Waals surface area contributed by atoms with Gasteiger partial charge in [0.15, 0.2) is 0 Å². The van der Waals surface area contributed by atoms with Gasteiger partial charge >= 0.3 is 0 Å². The maximum absolute atomic E-state index is 10.8. The molecule has 0 aromatic heterocycles. The van der Waals surface area contributed by atoms with Crippen molar-refractivity contribution in [1.29, 1.82) is 5.26 Å². The first kappa shape index (κ1) is 14.8. The number of rotatable bonds is 5. The Balaban J connectivity index is 2.19. The van der Waals surface area contributed by atoms with Crippen LogP contribution in [0.3, 0.4) is 0 Å². The quantitative estimate of drug-likeness (QED) is 0.471. The molecule has 0 heterocycles. The van der Waals surface area contributed by atoms with E-state index in [4.69, 9.17) is 21.6 Å². The standard InChI is InChI=1S/C15H11ClN2O3/c16-10-12-9-14(5-6-15(12)18(19)20)21-13-3-1-11(2-4-13)7-8-17/h1-6,9H,7,10H2. The van der Waals surface area contributed by atoms with E-state index in [-0.39, 0.29) is 11.6 Å². The summed E-state index contributed by atoms with van der Waals surface area (Å²) >= 11 is 5.72. The fourth-order valence-corrected chi connectivity index (χ4v) is 2.03. The minimum atomic E-state index is -0.474. The lowest BCUT2D eigenvalue weighted by atomic mass is 10.1. The fraction of sp³-hybridized carbons (Fsp3) is 0.133. The van der Waals surface area contributed by atoms with Crippen molar-refractivity contribution < 1.29 is 9.66 Å². The van der Waals surface area contributed by atoms with Crippen molar-refractivity contribution in [3.63, 3.8) is 0 Å². The lowest BCUT2D eigenvalue weighted by Crippen LogP contribution is -1.94. The van der Waals surface area contributed by atoms with Gasteiger partial charge in [-0.25, -0.2) is 0 Å². The van der Waals surface area contributed by atoms with E-state index in [9.17, 15) is 10.1 Å². The van der Waals surface area contributed by atoms with Crippen LogP contribution in [0.25, 0.3) is 0 Å². The summed E-state index contributed by atoms with van der Waals surface area (Å²) < 4.78 is 5.62. The van der Waals surface area contributed by atoms with Crippen LogP contribution >= 0.6 is 11.6 Å². The second-order valence-electron chi connectivity index (χ2n) is 4.26. The Hall–Kier alpha value is -2.58. The van der Waals surface area contributed by atoms with Gasteiger partial charge in [0.25, 0.3) is 5.69 Å². The first-order valence-electron chi connectivity index (χ1n) is 6.11. The third kappa shape index (κ3) is 3.71. The van der Waals surface area contributed by atoms with Gasteiger partial charge in [-0.2, -0.15) is 5.26 Å². The van der Waals surface area contributed by atoms with Gasteiger partial charge in [-0.05, 0) is 29.8 Å². The SMILES string of the molecule is N#CCc1ccc(Oc2ccc([N+](=O)[O-])c(CCl)c2)cc1. The van der Waals surface area contributed by atoms with Crippen LogP contribution in [-0.2, 0) is 12.3 Å². The third-order valence-electron chi connectivity index (χ3n) is 2.83. The highest BCUT2D eigenvalue weighted by molar-refractivity contribution is 6.17. The van der Waals surface area contributed by atoms with Gasteiger partial charge in [-0.3, -0.25) is 10.1 Å². The molecule has 0 amide bonds. The van der Waals surface area contributed by atoms with Crippen LogP contribution in [0.2, 0.25) is 0 Å². The van der Waals surface area contributed by atoms with E-state index >= 15 is 0 Å². The molecule has 0 aliphatic heterocycles. The second kappa shape index (κ2) is 6.73. The minimum Gasteiger partial charge on any atom is -0.457 e. The maximum Gasteiger partial charge on any atom is 0.274 e. The Morgan fingerprint density at radius 3 is 2.43 bits per heavy atom. The first-order chi connectivity index (χ1) is 10.1. The molecule has 2 aromatic carbocycles. The van der Waals surface area contributed by atoms with Gasteiger partial charge in [0.05, 0.1) is 23.3 Å². The average molecular weight is 303 g/mol. The van der Waals surface area contributed by atoms with Gasteiger partial charge in [0.1, 0.15) is 11.5 Å². The lowest BCUT2D eigenvalue weighted by Gasteiger charge is -2.07. The molecule has 21 heavy (non-hydrogen) atoms. The average Bonchev–Trinajstić information content (AvgIpc) is 2.49. The van der Waals surface area contributed by atoms with Crippen LogP contribution in [0.1, 0.15) is 11.1 Å². The normalized spacial score (nSPS) is 9.90. The molecular weight excluding hydrogens is 292 g/mol. The minimum absolute atomic E-state index is 0.0262. The van der Waals surface area contributed by atoms with Gasteiger partial charge in [0, 0.05) is 11.6 Å². The number of nitro benzene ring substituents is 1. The molecule has 0 radical (unpaired) electrons. The van der Waals surface area contributed by atoms with Crippen LogP contribution < -0.4 is 4.74 Å². The zero-order valence-corrected chi connectivity index (χ0v) is 11.7. The molecule has 0 unspecified atom stereocenters.